The first kappa shape index (κ1) is 21.9. The Morgan fingerprint density at radius 1 is 1.07 bits per heavy atom. The average molecular weight is 391 g/mol. The number of hydrogen-bond acceptors (Lipinski definition) is 7. The van der Waals surface area contributed by atoms with Crippen molar-refractivity contribution >= 4 is 17.9 Å². The highest BCUT2D eigenvalue weighted by Crippen LogP contribution is 2.48. The quantitative estimate of drug-likeness (QED) is 0.562. The van der Waals surface area contributed by atoms with Crippen LogP contribution in [0.1, 0.15) is 58.3 Å². The van der Waals surface area contributed by atoms with E-state index in [-0.39, 0.29) is 11.8 Å². The molecule has 28 heavy (non-hydrogen) atoms. The molecule has 0 amide bonds. The van der Waals surface area contributed by atoms with E-state index in [1.54, 1.807) is 18.3 Å². The highest BCUT2D eigenvalue weighted by molar-refractivity contribution is 5.89. The van der Waals surface area contributed by atoms with E-state index in [4.69, 9.17) is 14.2 Å². The summed E-state index contributed by atoms with van der Waals surface area (Å²) in [6, 6.07) is 3.28. The fourth-order valence-electron chi connectivity index (χ4n) is 4.30. The topological polar surface area (TPSA) is 91.8 Å². The Morgan fingerprint density at radius 3 is 2.21 bits per heavy atom. The first-order valence-electron chi connectivity index (χ1n) is 9.55. The zero-order valence-electron chi connectivity index (χ0n) is 17.3. The number of pyridine rings is 1. The minimum atomic E-state index is -0.680. The number of rotatable bonds is 5. The molecule has 0 spiro atoms. The van der Waals surface area contributed by atoms with Crippen molar-refractivity contribution in [3.63, 3.8) is 0 Å². The van der Waals surface area contributed by atoms with Gasteiger partial charge in [-0.2, -0.15) is 0 Å². The van der Waals surface area contributed by atoms with Gasteiger partial charge in [0.1, 0.15) is 18.3 Å². The van der Waals surface area contributed by atoms with E-state index in [0.29, 0.717) is 12.0 Å². The van der Waals surface area contributed by atoms with E-state index >= 15 is 0 Å². The van der Waals surface area contributed by atoms with Crippen LogP contribution >= 0.6 is 0 Å². The average Bonchev–Trinajstić information content (AvgIpc) is 2.63. The van der Waals surface area contributed by atoms with Crippen molar-refractivity contribution in [3.8, 4) is 0 Å². The van der Waals surface area contributed by atoms with Crippen LogP contribution in [-0.2, 0) is 23.8 Å². The molecule has 2 rings (SSSR count). The third-order valence-electron chi connectivity index (χ3n) is 5.47. The van der Waals surface area contributed by atoms with E-state index < -0.39 is 41.6 Å². The normalized spacial score (nSPS) is 28.9. The molecule has 0 aliphatic heterocycles. The van der Waals surface area contributed by atoms with Gasteiger partial charge in [-0.25, -0.2) is 4.79 Å². The van der Waals surface area contributed by atoms with Crippen molar-refractivity contribution in [2.75, 3.05) is 0 Å². The molecule has 5 atom stereocenters. The largest absolute Gasteiger partial charge is 0.462 e. The maximum atomic E-state index is 12.7. The fraction of sp³-hybridized carbons (Fsp3) is 0.619. The lowest BCUT2D eigenvalue weighted by Crippen LogP contribution is -2.62. The predicted molar refractivity (Wildman–Crippen MR) is 101 cm³/mol. The molecule has 154 valence electrons. The Balaban J connectivity index is 2.41. The van der Waals surface area contributed by atoms with Gasteiger partial charge in [-0.15, -0.1) is 0 Å². The summed E-state index contributed by atoms with van der Waals surface area (Å²) >= 11 is 0. The van der Waals surface area contributed by atoms with Crippen molar-refractivity contribution in [3.05, 3.63) is 30.1 Å². The van der Waals surface area contributed by atoms with Gasteiger partial charge >= 0.3 is 17.9 Å². The minimum Gasteiger partial charge on any atom is -0.462 e. The predicted octanol–water partition coefficient (Wildman–Crippen LogP) is 3.17. The maximum absolute atomic E-state index is 12.7. The van der Waals surface area contributed by atoms with Crippen molar-refractivity contribution < 1.29 is 28.6 Å². The van der Waals surface area contributed by atoms with Crippen molar-refractivity contribution in [2.24, 2.45) is 17.3 Å². The lowest BCUT2D eigenvalue weighted by Gasteiger charge is -2.53. The second-order valence-electron chi connectivity index (χ2n) is 7.92. The molecular weight excluding hydrogens is 362 g/mol. The highest BCUT2D eigenvalue weighted by Gasteiger charge is 2.57. The second kappa shape index (κ2) is 8.71. The number of carbonyl (C=O) groups excluding carboxylic acids is 3. The molecule has 1 aromatic rings. The molecule has 0 unspecified atom stereocenters. The highest BCUT2D eigenvalue weighted by atomic mass is 16.6. The third-order valence-corrected chi connectivity index (χ3v) is 5.47. The Morgan fingerprint density at radius 2 is 1.71 bits per heavy atom. The van der Waals surface area contributed by atoms with E-state index in [0.717, 1.165) is 0 Å². The molecule has 0 N–H and O–H groups in total. The van der Waals surface area contributed by atoms with Gasteiger partial charge < -0.3 is 14.2 Å². The van der Waals surface area contributed by atoms with Crippen LogP contribution in [0.4, 0.5) is 0 Å². The number of carbonyl (C=O) groups is 3. The zero-order valence-corrected chi connectivity index (χ0v) is 17.3. The summed E-state index contributed by atoms with van der Waals surface area (Å²) in [4.78, 5) is 40.1. The van der Waals surface area contributed by atoms with Gasteiger partial charge in [-0.05, 0) is 18.6 Å². The Labute approximate surface area is 165 Å². The van der Waals surface area contributed by atoms with Crippen molar-refractivity contribution in [1.82, 2.24) is 4.98 Å². The lowest BCUT2D eigenvalue weighted by atomic mass is 9.61. The smallest absolute Gasteiger partial charge is 0.340 e. The molecule has 7 heteroatoms. The molecular formula is C21H29NO6. The number of esters is 3. The van der Waals surface area contributed by atoms with Gasteiger partial charge in [0.2, 0.25) is 0 Å². The molecule has 0 saturated heterocycles. The van der Waals surface area contributed by atoms with Crippen LogP contribution in [0.5, 0.6) is 0 Å². The lowest BCUT2D eigenvalue weighted by molar-refractivity contribution is -0.213. The number of hydrogen-bond donors (Lipinski definition) is 0. The van der Waals surface area contributed by atoms with Crippen LogP contribution in [0, 0.1) is 17.3 Å². The van der Waals surface area contributed by atoms with E-state index in [1.807, 2.05) is 27.7 Å². The SMILES string of the molecule is CC[C@@H]1[C@H](OC(C)=O)[C@H](C)[C@H](OC(=O)c2cccnc2)C(C)(C)[C@@H]1OC(C)=O. The first-order valence-corrected chi connectivity index (χ1v) is 9.55. The molecule has 1 aliphatic rings. The molecule has 1 saturated carbocycles. The summed E-state index contributed by atoms with van der Waals surface area (Å²) in [7, 11) is 0. The summed E-state index contributed by atoms with van der Waals surface area (Å²) in [5, 5.41) is 0. The standard InChI is InChI=1S/C21H29NO6/c1-7-16-17(26-13(3)23)12(2)18(21(5,6)19(16)27-14(4)24)28-20(25)15-9-8-10-22-11-15/h8-12,16-19H,7H2,1-6H3/t12-,16+,17+,18-,19+/m0/s1. The van der Waals surface area contributed by atoms with Crippen LogP contribution in [-0.4, -0.2) is 41.2 Å². The molecule has 0 bridgehead atoms. The summed E-state index contributed by atoms with van der Waals surface area (Å²) in [6.07, 6.45) is 1.92. The molecule has 1 aromatic heterocycles. The molecule has 1 aliphatic carbocycles. The van der Waals surface area contributed by atoms with Gasteiger partial charge in [0.25, 0.3) is 0 Å². The molecule has 0 radical (unpaired) electrons. The second-order valence-corrected chi connectivity index (χ2v) is 7.92. The number of nitrogens with zero attached hydrogens (tertiary/aromatic N) is 1. The van der Waals surface area contributed by atoms with Crippen molar-refractivity contribution in [1.29, 1.82) is 0 Å². The maximum Gasteiger partial charge on any atom is 0.340 e. The van der Waals surface area contributed by atoms with Crippen LogP contribution in [0.3, 0.4) is 0 Å². The van der Waals surface area contributed by atoms with E-state index in [2.05, 4.69) is 4.98 Å². The van der Waals surface area contributed by atoms with Gasteiger partial charge in [-0.1, -0.05) is 27.7 Å². The molecule has 1 fully saturated rings. The summed E-state index contributed by atoms with van der Waals surface area (Å²) < 4.78 is 17.1. The summed E-state index contributed by atoms with van der Waals surface area (Å²) in [6.45, 7) is 10.4. The molecule has 1 heterocycles. The first-order chi connectivity index (χ1) is 13.1. The van der Waals surface area contributed by atoms with E-state index in [1.165, 1.54) is 20.0 Å². The summed E-state index contributed by atoms with van der Waals surface area (Å²) in [5.41, 5.74) is -0.350. The van der Waals surface area contributed by atoms with Gasteiger partial charge in [0.05, 0.1) is 5.56 Å². The number of aromatic nitrogens is 1. The van der Waals surface area contributed by atoms with Crippen LogP contribution in [0.2, 0.25) is 0 Å². The molecule has 0 aromatic carbocycles. The monoisotopic (exact) mass is 391 g/mol. The Bertz CT molecular complexity index is 717. The fourth-order valence-corrected chi connectivity index (χ4v) is 4.30. The number of ether oxygens (including phenoxy) is 3. The molecule has 7 nitrogen and oxygen atoms in total. The van der Waals surface area contributed by atoms with Crippen LogP contribution in [0.25, 0.3) is 0 Å². The van der Waals surface area contributed by atoms with Crippen LogP contribution < -0.4 is 0 Å². The van der Waals surface area contributed by atoms with Crippen molar-refractivity contribution in [2.45, 2.75) is 66.3 Å². The Hall–Kier alpha value is -2.44. The minimum absolute atomic E-state index is 0.203. The van der Waals surface area contributed by atoms with Gasteiger partial charge in [0, 0.05) is 43.5 Å². The summed E-state index contributed by atoms with van der Waals surface area (Å²) in [5.74, 6) is -1.85. The van der Waals surface area contributed by atoms with Crippen LogP contribution in [0.15, 0.2) is 24.5 Å². The zero-order chi connectivity index (χ0) is 21.1. The van der Waals surface area contributed by atoms with Gasteiger partial charge in [-0.3, -0.25) is 14.6 Å². The van der Waals surface area contributed by atoms with Gasteiger partial charge in [0.15, 0.2) is 0 Å². The van der Waals surface area contributed by atoms with E-state index in [9.17, 15) is 14.4 Å². The third kappa shape index (κ3) is 4.51. The Kier molecular flexibility index (Phi) is 6.80.